The Balaban J connectivity index is 1.83. The van der Waals surface area contributed by atoms with Crippen LogP contribution in [0.1, 0.15) is 11.1 Å². The first-order valence-electron chi connectivity index (χ1n) is 8.33. The molecular formula is C20H14F5N3O. The summed E-state index contributed by atoms with van der Waals surface area (Å²) in [6, 6.07) is 12.1. The second-order valence-electron chi connectivity index (χ2n) is 5.93. The first kappa shape index (κ1) is 20.2. The van der Waals surface area contributed by atoms with Gasteiger partial charge in [-0.1, -0.05) is 30.3 Å². The maximum atomic E-state index is 13.8. The van der Waals surface area contributed by atoms with Gasteiger partial charge in [0.1, 0.15) is 12.4 Å². The van der Waals surface area contributed by atoms with E-state index in [4.69, 9.17) is 10.5 Å². The predicted octanol–water partition coefficient (Wildman–Crippen LogP) is 4.59. The maximum Gasteiger partial charge on any atom is 0.200 e. The molecule has 0 aliphatic carbocycles. The summed E-state index contributed by atoms with van der Waals surface area (Å²) in [5.41, 5.74) is 5.71. The lowest BCUT2D eigenvalue weighted by Crippen LogP contribution is -2.14. The molecule has 0 amide bonds. The standard InChI is InChI=1S/C20H14F5N3O/c21-15-12(16(22)18(24)19(25)17(15)23)10-29-13-7-4-8-27-20(13)28-14(26)9-11-5-2-1-3-6-11/h1-8H,9-10H2,(H2,26,27,28). The van der Waals surface area contributed by atoms with E-state index >= 15 is 0 Å². The fourth-order valence-electron chi connectivity index (χ4n) is 2.49. The van der Waals surface area contributed by atoms with Gasteiger partial charge in [0.15, 0.2) is 34.8 Å². The average Bonchev–Trinajstić information content (AvgIpc) is 2.72. The molecule has 0 spiro atoms. The van der Waals surface area contributed by atoms with Crippen molar-refractivity contribution in [2.45, 2.75) is 13.0 Å². The van der Waals surface area contributed by atoms with Crippen molar-refractivity contribution < 1.29 is 26.7 Å². The lowest BCUT2D eigenvalue weighted by Gasteiger charge is -2.11. The SMILES string of the molecule is N/C(Cc1ccccc1)=N\c1ncccc1OCc1c(F)c(F)c(F)c(F)c1F. The van der Waals surface area contributed by atoms with Crippen LogP contribution in [0.2, 0.25) is 0 Å². The highest BCUT2D eigenvalue weighted by atomic mass is 19.2. The minimum atomic E-state index is -2.23. The summed E-state index contributed by atoms with van der Waals surface area (Å²) < 4.78 is 72.6. The maximum absolute atomic E-state index is 13.8. The molecule has 0 bridgehead atoms. The number of benzene rings is 2. The molecule has 0 fully saturated rings. The van der Waals surface area contributed by atoms with Crippen molar-refractivity contribution in [1.82, 2.24) is 4.98 Å². The molecule has 0 saturated heterocycles. The topological polar surface area (TPSA) is 60.5 Å². The van der Waals surface area contributed by atoms with Crippen molar-refractivity contribution in [2.75, 3.05) is 0 Å². The van der Waals surface area contributed by atoms with Gasteiger partial charge < -0.3 is 10.5 Å². The summed E-state index contributed by atoms with van der Waals surface area (Å²) in [6.45, 7) is -0.918. The van der Waals surface area contributed by atoms with Crippen molar-refractivity contribution in [3.63, 3.8) is 0 Å². The molecule has 3 aromatic rings. The Morgan fingerprint density at radius 2 is 1.48 bits per heavy atom. The molecule has 4 nitrogen and oxygen atoms in total. The first-order chi connectivity index (χ1) is 13.9. The van der Waals surface area contributed by atoms with Crippen LogP contribution in [0.4, 0.5) is 27.8 Å². The Hall–Kier alpha value is -3.49. The molecule has 150 valence electrons. The zero-order valence-corrected chi connectivity index (χ0v) is 14.8. The zero-order chi connectivity index (χ0) is 21.0. The summed E-state index contributed by atoms with van der Waals surface area (Å²) in [4.78, 5) is 8.10. The molecule has 3 rings (SSSR count). The molecule has 0 aliphatic rings. The number of amidine groups is 1. The van der Waals surface area contributed by atoms with Crippen LogP contribution in [0.3, 0.4) is 0 Å². The van der Waals surface area contributed by atoms with Gasteiger partial charge in [-0.15, -0.1) is 0 Å². The van der Waals surface area contributed by atoms with Crippen LogP contribution < -0.4 is 10.5 Å². The number of aliphatic imine (C=N–C) groups is 1. The van der Waals surface area contributed by atoms with Crippen molar-refractivity contribution in [1.29, 1.82) is 0 Å². The van der Waals surface area contributed by atoms with Gasteiger partial charge in [-0.2, -0.15) is 0 Å². The van der Waals surface area contributed by atoms with E-state index in [-0.39, 0.29) is 17.4 Å². The Bertz CT molecular complexity index is 1030. The third-order valence-electron chi connectivity index (χ3n) is 3.90. The summed E-state index contributed by atoms with van der Waals surface area (Å²) in [7, 11) is 0. The largest absolute Gasteiger partial charge is 0.485 e. The molecule has 0 radical (unpaired) electrons. The van der Waals surface area contributed by atoms with E-state index in [1.54, 1.807) is 0 Å². The molecule has 2 N–H and O–H groups in total. The van der Waals surface area contributed by atoms with Crippen LogP contribution in [0, 0.1) is 29.1 Å². The van der Waals surface area contributed by atoms with Crippen LogP contribution in [0.15, 0.2) is 53.7 Å². The highest BCUT2D eigenvalue weighted by Crippen LogP contribution is 2.28. The van der Waals surface area contributed by atoms with E-state index in [0.29, 0.717) is 6.42 Å². The summed E-state index contributed by atoms with van der Waals surface area (Å²) in [6.07, 6.45) is 1.70. The third-order valence-corrected chi connectivity index (χ3v) is 3.90. The molecular weight excluding hydrogens is 393 g/mol. The van der Waals surface area contributed by atoms with Gasteiger partial charge in [-0.25, -0.2) is 31.9 Å². The number of halogens is 5. The second kappa shape index (κ2) is 8.68. The van der Waals surface area contributed by atoms with Crippen molar-refractivity contribution in [2.24, 2.45) is 10.7 Å². The molecule has 1 aromatic heterocycles. The minimum Gasteiger partial charge on any atom is -0.485 e. The van der Waals surface area contributed by atoms with Gasteiger partial charge in [0.25, 0.3) is 0 Å². The van der Waals surface area contributed by atoms with Gasteiger partial charge in [0.2, 0.25) is 5.82 Å². The molecule has 0 saturated carbocycles. The smallest absolute Gasteiger partial charge is 0.200 e. The van der Waals surface area contributed by atoms with E-state index in [9.17, 15) is 22.0 Å². The molecule has 29 heavy (non-hydrogen) atoms. The number of nitrogens with two attached hydrogens (primary N) is 1. The summed E-state index contributed by atoms with van der Waals surface area (Å²) >= 11 is 0. The molecule has 1 heterocycles. The molecule has 2 aromatic carbocycles. The quantitative estimate of drug-likeness (QED) is 0.214. The van der Waals surface area contributed by atoms with E-state index in [2.05, 4.69) is 9.98 Å². The fourth-order valence-corrected chi connectivity index (χ4v) is 2.49. The highest BCUT2D eigenvalue weighted by molar-refractivity contribution is 5.85. The Morgan fingerprint density at radius 1 is 0.862 bits per heavy atom. The number of rotatable bonds is 6. The van der Waals surface area contributed by atoms with Gasteiger partial charge >= 0.3 is 0 Å². The third kappa shape index (κ3) is 4.50. The van der Waals surface area contributed by atoms with E-state index in [1.807, 2.05) is 30.3 Å². The average molecular weight is 407 g/mol. The molecule has 0 aliphatic heterocycles. The summed E-state index contributed by atoms with van der Waals surface area (Å²) in [5, 5.41) is 0. The lowest BCUT2D eigenvalue weighted by atomic mass is 10.1. The van der Waals surface area contributed by atoms with Crippen LogP contribution >= 0.6 is 0 Å². The van der Waals surface area contributed by atoms with E-state index in [1.165, 1.54) is 18.3 Å². The molecule has 9 heteroatoms. The van der Waals surface area contributed by atoms with Crippen LogP contribution in [-0.2, 0) is 13.0 Å². The van der Waals surface area contributed by atoms with Gasteiger partial charge in [-0.3, -0.25) is 0 Å². The van der Waals surface area contributed by atoms with Crippen molar-refractivity contribution >= 4 is 11.7 Å². The molecule has 0 atom stereocenters. The van der Waals surface area contributed by atoms with Crippen LogP contribution in [0.5, 0.6) is 5.75 Å². The number of aromatic nitrogens is 1. The number of hydrogen-bond donors (Lipinski definition) is 1. The highest BCUT2D eigenvalue weighted by Gasteiger charge is 2.26. The second-order valence-corrected chi connectivity index (χ2v) is 5.93. The first-order valence-corrected chi connectivity index (χ1v) is 8.33. The monoisotopic (exact) mass is 407 g/mol. The lowest BCUT2D eigenvalue weighted by molar-refractivity contribution is 0.279. The van der Waals surface area contributed by atoms with Gasteiger partial charge in [0, 0.05) is 12.6 Å². The van der Waals surface area contributed by atoms with Crippen LogP contribution in [0.25, 0.3) is 0 Å². The predicted molar refractivity (Wildman–Crippen MR) is 96.2 cm³/mol. The van der Waals surface area contributed by atoms with E-state index < -0.39 is 41.3 Å². The minimum absolute atomic E-state index is 0.00445. The van der Waals surface area contributed by atoms with Crippen molar-refractivity contribution in [3.05, 3.63) is 88.9 Å². The molecule has 0 unspecified atom stereocenters. The Morgan fingerprint density at radius 3 is 2.14 bits per heavy atom. The Labute approximate surface area is 162 Å². The zero-order valence-electron chi connectivity index (χ0n) is 14.8. The van der Waals surface area contributed by atoms with Crippen molar-refractivity contribution in [3.8, 4) is 5.75 Å². The van der Waals surface area contributed by atoms with E-state index in [0.717, 1.165) is 5.56 Å². The fraction of sp³-hybridized carbons (Fsp3) is 0.100. The normalized spacial score (nSPS) is 11.6. The number of ether oxygens (including phenoxy) is 1. The van der Waals surface area contributed by atoms with Gasteiger partial charge in [0.05, 0.1) is 5.56 Å². The number of hydrogen-bond acceptors (Lipinski definition) is 3. The summed E-state index contributed by atoms with van der Waals surface area (Å²) in [5.74, 6) is -10.1. The van der Waals surface area contributed by atoms with Gasteiger partial charge in [-0.05, 0) is 17.7 Å². The number of nitrogens with zero attached hydrogens (tertiary/aromatic N) is 2. The van der Waals surface area contributed by atoms with Crippen LogP contribution in [-0.4, -0.2) is 10.8 Å². The Kier molecular flexibility index (Phi) is 6.06. The number of pyridine rings is 1.